The first-order valence-corrected chi connectivity index (χ1v) is 9.64. The molecule has 1 saturated heterocycles. The average molecular weight is 420 g/mol. The van der Waals surface area contributed by atoms with E-state index >= 15 is 0 Å². The van der Waals surface area contributed by atoms with Crippen molar-refractivity contribution in [2.24, 2.45) is 5.92 Å². The minimum atomic E-state index is 0. The summed E-state index contributed by atoms with van der Waals surface area (Å²) < 4.78 is 0. The van der Waals surface area contributed by atoms with E-state index in [2.05, 4.69) is 5.32 Å². The Bertz CT molecular complexity index is 713. The minimum Gasteiger partial charge on any atom is -0.338 e. The molecule has 25 heavy (non-hydrogen) atoms. The monoisotopic (exact) mass is 418 g/mol. The van der Waals surface area contributed by atoms with Crippen molar-refractivity contribution in [1.82, 2.24) is 10.2 Å². The molecule has 2 aromatic rings. The normalized spacial score (nSPS) is 17.2. The molecule has 0 saturated carbocycles. The molecule has 0 aliphatic carbocycles. The fraction of sp³-hybridized carbons (Fsp3) is 0.389. The Balaban J connectivity index is 0.00000225. The number of amides is 1. The third-order valence-corrected chi connectivity index (χ3v) is 5.82. The Morgan fingerprint density at radius 1 is 1.28 bits per heavy atom. The van der Waals surface area contributed by atoms with Crippen molar-refractivity contribution >= 4 is 52.9 Å². The number of nitrogens with one attached hydrogen (secondary N) is 1. The smallest absolute Gasteiger partial charge is 0.263 e. The third kappa shape index (κ3) is 5.11. The van der Waals surface area contributed by atoms with Crippen molar-refractivity contribution in [3.8, 4) is 10.4 Å². The van der Waals surface area contributed by atoms with E-state index in [0.29, 0.717) is 16.0 Å². The molecule has 0 radical (unpaired) electrons. The Kier molecular flexibility index (Phi) is 7.59. The quantitative estimate of drug-likeness (QED) is 0.737. The summed E-state index contributed by atoms with van der Waals surface area (Å²) in [6.45, 7) is 2.63. The molecular formula is C18H21Cl3N2OS. The van der Waals surface area contributed by atoms with Crippen LogP contribution in [0.2, 0.25) is 10.0 Å². The molecule has 136 valence electrons. The molecule has 1 aliphatic heterocycles. The maximum atomic E-state index is 12.8. The Hall–Kier alpha value is -0.780. The minimum absolute atomic E-state index is 0. The summed E-state index contributed by atoms with van der Waals surface area (Å²) in [5.41, 5.74) is 0.947. The molecule has 1 aliphatic rings. The van der Waals surface area contributed by atoms with Gasteiger partial charge in [0.2, 0.25) is 0 Å². The molecule has 1 N–H and O–H groups in total. The van der Waals surface area contributed by atoms with Gasteiger partial charge in [-0.1, -0.05) is 23.2 Å². The van der Waals surface area contributed by atoms with Gasteiger partial charge in [0.15, 0.2) is 0 Å². The summed E-state index contributed by atoms with van der Waals surface area (Å²) in [4.78, 5) is 16.5. The first kappa shape index (κ1) is 20.5. The molecule has 0 bridgehead atoms. The predicted octanol–water partition coefficient (Wildman–Crippen LogP) is 5.22. The first-order chi connectivity index (χ1) is 11.6. The van der Waals surface area contributed by atoms with Crippen LogP contribution in [0.15, 0.2) is 30.3 Å². The van der Waals surface area contributed by atoms with Crippen LogP contribution in [0.25, 0.3) is 10.4 Å². The fourth-order valence-electron chi connectivity index (χ4n) is 3.16. The third-order valence-electron chi connectivity index (χ3n) is 4.26. The molecule has 1 aromatic carbocycles. The van der Waals surface area contributed by atoms with Crippen LogP contribution in [0.3, 0.4) is 0 Å². The number of hydrogen-bond donors (Lipinski definition) is 1. The lowest BCUT2D eigenvalue weighted by atomic mass is 9.98. The van der Waals surface area contributed by atoms with Crippen LogP contribution in [0.1, 0.15) is 22.5 Å². The van der Waals surface area contributed by atoms with E-state index in [4.69, 9.17) is 23.2 Å². The van der Waals surface area contributed by atoms with Gasteiger partial charge >= 0.3 is 0 Å². The summed E-state index contributed by atoms with van der Waals surface area (Å²) >= 11 is 13.6. The lowest BCUT2D eigenvalue weighted by Gasteiger charge is -2.32. The van der Waals surface area contributed by atoms with Gasteiger partial charge in [0.25, 0.3) is 5.91 Å². The number of carbonyl (C=O) groups is 1. The Morgan fingerprint density at radius 3 is 2.68 bits per heavy atom. The van der Waals surface area contributed by atoms with Gasteiger partial charge in [0.1, 0.15) is 0 Å². The van der Waals surface area contributed by atoms with Crippen molar-refractivity contribution in [3.05, 3.63) is 45.3 Å². The van der Waals surface area contributed by atoms with Gasteiger partial charge in [-0.2, -0.15) is 0 Å². The molecule has 1 aromatic heterocycles. The second-order valence-electron chi connectivity index (χ2n) is 6.14. The van der Waals surface area contributed by atoms with E-state index in [9.17, 15) is 4.79 Å². The highest BCUT2D eigenvalue weighted by Gasteiger charge is 2.25. The lowest BCUT2D eigenvalue weighted by molar-refractivity contribution is 0.0679. The van der Waals surface area contributed by atoms with E-state index in [1.165, 1.54) is 17.8 Å². The molecule has 2 heterocycles. The van der Waals surface area contributed by atoms with E-state index in [0.717, 1.165) is 41.4 Å². The van der Waals surface area contributed by atoms with Crippen LogP contribution < -0.4 is 5.32 Å². The number of thiophene rings is 1. The highest BCUT2D eigenvalue weighted by molar-refractivity contribution is 7.17. The van der Waals surface area contributed by atoms with Crippen LogP contribution in [0.5, 0.6) is 0 Å². The van der Waals surface area contributed by atoms with Crippen LogP contribution in [-0.2, 0) is 0 Å². The van der Waals surface area contributed by atoms with Crippen molar-refractivity contribution < 1.29 is 4.79 Å². The standard InChI is InChI=1S/C18H20Cl2N2OS.ClH/c1-21-10-12-3-2-6-22(11-12)18(23)17-5-4-16(24-17)13-7-14(19)9-15(20)8-13;/h4-5,7-9,12,21H,2-3,6,10-11H2,1H3;1H. The number of carbonyl (C=O) groups excluding carboxylic acids is 1. The van der Waals surface area contributed by atoms with Crippen LogP contribution in [0, 0.1) is 5.92 Å². The fourth-order valence-corrected chi connectivity index (χ4v) is 4.65. The predicted molar refractivity (Wildman–Crippen MR) is 110 cm³/mol. The number of halogens is 3. The number of likely N-dealkylation sites (tertiary alicyclic amines) is 1. The maximum Gasteiger partial charge on any atom is 0.263 e. The molecule has 1 amide bonds. The highest BCUT2D eigenvalue weighted by atomic mass is 35.5. The van der Waals surface area contributed by atoms with E-state index < -0.39 is 0 Å². The summed E-state index contributed by atoms with van der Waals surface area (Å²) in [5, 5.41) is 4.42. The zero-order valence-corrected chi connectivity index (χ0v) is 17.1. The van der Waals surface area contributed by atoms with Crippen molar-refractivity contribution in [2.45, 2.75) is 12.8 Å². The number of nitrogens with zero attached hydrogens (tertiary/aromatic N) is 1. The molecule has 3 nitrogen and oxygen atoms in total. The highest BCUT2D eigenvalue weighted by Crippen LogP contribution is 2.33. The van der Waals surface area contributed by atoms with Gasteiger partial charge in [-0.05, 0) is 68.2 Å². The number of rotatable bonds is 4. The van der Waals surface area contributed by atoms with Crippen molar-refractivity contribution in [1.29, 1.82) is 0 Å². The van der Waals surface area contributed by atoms with Crippen molar-refractivity contribution in [2.75, 3.05) is 26.7 Å². The molecule has 7 heteroatoms. The Labute approximate surface area is 168 Å². The number of benzene rings is 1. The summed E-state index contributed by atoms with van der Waals surface area (Å²) in [7, 11) is 1.96. The first-order valence-electron chi connectivity index (χ1n) is 8.07. The lowest BCUT2D eigenvalue weighted by Crippen LogP contribution is -2.42. The second kappa shape index (κ2) is 9.24. The van der Waals surface area contributed by atoms with Crippen LogP contribution >= 0.6 is 46.9 Å². The summed E-state index contributed by atoms with van der Waals surface area (Å²) in [6.07, 6.45) is 2.25. The maximum absolute atomic E-state index is 12.8. The van der Waals surface area contributed by atoms with Crippen molar-refractivity contribution in [3.63, 3.8) is 0 Å². The average Bonchev–Trinajstić information content (AvgIpc) is 3.04. The molecule has 0 spiro atoms. The molecular weight excluding hydrogens is 399 g/mol. The molecule has 1 unspecified atom stereocenters. The van der Waals surface area contributed by atoms with E-state index in [-0.39, 0.29) is 18.3 Å². The molecule has 1 fully saturated rings. The van der Waals surface area contributed by atoms with Crippen LogP contribution in [0.4, 0.5) is 0 Å². The van der Waals surface area contributed by atoms with Gasteiger partial charge < -0.3 is 10.2 Å². The summed E-state index contributed by atoms with van der Waals surface area (Å²) in [6, 6.07) is 9.32. The van der Waals surface area contributed by atoms with Gasteiger partial charge in [-0.3, -0.25) is 4.79 Å². The molecule has 1 atom stereocenters. The van der Waals surface area contributed by atoms with Gasteiger partial charge in [0.05, 0.1) is 4.88 Å². The second-order valence-corrected chi connectivity index (χ2v) is 8.10. The zero-order chi connectivity index (χ0) is 17.1. The number of hydrogen-bond acceptors (Lipinski definition) is 3. The van der Waals surface area contributed by atoms with Gasteiger partial charge in [-0.15, -0.1) is 23.7 Å². The zero-order valence-electron chi connectivity index (χ0n) is 13.9. The Morgan fingerprint density at radius 2 is 2.00 bits per heavy atom. The SMILES string of the molecule is CNCC1CCCN(C(=O)c2ccc(-c3cc(Cl)cc(Cl)c3)s2)C1.Cl. The van der Waals surface area contributed by atoms with E-state index in [1.54, 1.807) is 6.07 Å². The largest absolute Gasteiger partial charge is 0.338 e. The van der Waals surface area contributed by atoms with E-state index in [1.807, 2.05) is 36.2 Å². The topological polar surface area (TPSA) is 32.3 Å². The summed E-state index contributed by atoms with van der Waals surface area (Å²) in [5.74, 6) is 0.666. The van der Waals surface area contributed by atoms with Crippen LogP contribution in [-0.4, -0.2) is 37.5 Å². The van der Waals surface area contributed by atoms with Gasteiger partial charge in [-0.25, -0.2) is 0 Å². The number of piperidine rings is 1. The molecule has 3 rings (SSSR count). The van der Waals surface area contributed by atoms with Gasteiger partial charge in [0, 0.05) is 28.0 Å².